The van der Waals surface area contributed by atoms with Crippen LogP contribution in [0.15, 0.2) is 41.5 Å². The predicted molar refractivity (Wildman–Crippen MR) is 111 cm³/mol. The first-order valence-electron chi connectivity index (χ1n) is 8.22. The molecule has 0 unspecified atom stereocenters. The molecule has 0 aliphatic heterocycles. The molecule has 2 N–H and O–H groups in total. The second-order valence-corrected chi connectivity index (χ2v) is 6.68. The molecule has 2 amide bonds. The molecule has 0 atom stereocenters. The van der Waals surface area contributed by atoms with Crippen molar-refractivity contribution in [2.24, 2.45) is 5.10 Å². The molecule has 0 saturated heterocycles. The van der Waals surface area contributed by atoms with Crippen molar-refractivity contribution in [2.75, 3.05) is 20.8 Å². The first kappa shape index (κ1) is 21.6. The molecule has 0 aliphatic carbocycles. The van der Waals surface area contributed by atoms with E-state index in [2.05, 4.69) is 38.4 Å². The van der Waals surface area contributed by atoms with Gasteiger partial charge in [-0.3, -0.25) is 9.59 Å². The highest BCUT2D eigenvalue weighted by atomic mass is 127. The monoisotopic (exact) mass is 499 g/mol. The van der Waals surface area contributed by atoms with Gasteiger partial charge in [0.1, 0.15) is 5.82 Å². The summed E-state index contributed by atoms with van der Waals surface area (Å²) < 4.78 is 24.9. The summed E-state index contributed by atoms with van der Waals surface area (Å²) in [7, 11) is 3.09. The molecule has 28 heavy (non-hydrogen) atoms. The zero-order valence-electron chi connectivity index (χ0n) is 15.3. The SMILES string of the molecule is COc1cc(C=NNC(=O)CCNC(=O)c2ccccc2F)cc(I)c1OC. The number of nitrogens with zero attached hydrogens (tertiary/aromatic N) is 1. The molecule has 0 aromatic heterocycles. The quantitative estimate of drug-likeness (QED) is 0.332. The Morgan fingerprint density at radius 1 is 1.21 bits per heavy atom. The van der Waals surface area contributed by atoms with Crippen LogP contribution in [0.25, 0.3) is 0 Å². The summed E-state index contributed by atoms with van der Waals surface area (Å²) in [5.74, 6) is -0.402. The molecule has 0 fully saturated rings. The Morgan fingerprint density at radius 2 is 1.96 bits per heavy atom. The minimum atomic E-state index is -0.612. The van der Waals surface area contributed by atoms with E-state index in [-0.39, 0.29) is 24.4 Å². The smallest absolute Gasteiger partial charge is 0.254 e. The summed E-state index contributed by atoms with van der Waals surface area (Å²) in [4.78, 5) is 23.7. The van der Waals surface area contributed by atoms with Crippen LogP contribution in [0.3, 0.4) is 0 Å². The third kappa shape index (κ3) is 5.91. The van der Waals surface area contributed by atoms with E-state index in [1.165, 1.54) is 31.5 Å². The van der Waals surface area contributed by atoms with Gasteiger partial charge in [-0.15, -0.1) is 0 Å². The van der Waals surface area contributed by atoms with Gasteiger partial charge in [-0.25, -0.2) is 9.82 Å². The zero-order chi connectivity index (χ0) is 20.5. The van der Waals surface area contributed by atoms with Crippen LogP contribution < -0.4 is 20.2 Å². The number of methoxy groups -OCH3 is 2. The summed E-state index contributed by atoms with van der Waals surface area (Å²) in [6.45, 7) is 0.0583. The fourth-order valence-electron chi connectivity index (χ4n) is 2.28. The molecule has 2 aromatic rings. The van der Waals surface area contributed by atoms with Crippen LogP contribution in [-0.4, -0.2) is 38.8 Å². The molecule has 0 saturated carbocycles. The van der Waals surface area contributed by atoms with E-state index >= 15 is 0 Å². The normalized spacial score (nSPS) is 10.6. The van der Waals surface area contributed by atoms with Crippen molar-refractivity contribution in [3.63, 3.8) is 0 Å². The third-order valence-corrected chi connectivity index (χ3v) is 4.42. The van der Waals surface area contributed by atoms with E-state index in [4.69, 9.17) is 9.47 Å². The van der Waals surface area contributed by atoms with Crippen molar-refractivity contribution in [1.82, 2.24) is 10.7 Å². The van der Waals surface area contributed by atoms with Crippen LogP contribution in [0.1, 0.15) is 22.3 Å². The molecule has 0 bridgehead atoms. The van der Waals surface area contributed by atoms with E-state index in [0.29, 0.717) is 11.5 Å². The number of ether oxygens (including phenoxy) is 2. The highest BCUT2D eigenvalue weighted by Crippen LogP contribution is 2.32. The maximum atomic E-state index is 13.5. The van der Waals surface area contributed by atoms with Gasteiger partial charge in [0.2, 0.25) is 5.91 Å². The van der Waals surface area contributed by atoms with Gasteiger partial charge in [-0.05, 0) is 52.4 Å². The maximum absolute atomic E-state index is 13.5. The van der Waals surface area contributed by atoms with Crippen LogP contribution in [0.5, 0.6) is 11.5 Å². The summed E-state index contributed by atoms with van der Waals surface area (Å²) in [5.41, 5.74) is 3.02. The van der Waals surface area contributed by atoms with Crippen molar-refractivity contribution in [3.05, 3.63) is 56.9 Å². The van der Waals surface area contributed by atoms with Crippen molar-refractivity contribution >= 4 is 40.6 Å². The summed E-state index contributed by atoms with van der Waals surface area (Å²) >= 11 is 2.11. The van der Waals surface area contributed by atoms with Gasteiger partial charge in [0.25, 0.3) is 5.91 Å². The second-order valence-electron chi connectivity index (χ2n) is 5.52. The fourth-order valence-corrected chi connectivity index (χ4v) is 3.12. The molecule has 2 aromatic carbocycles. The predicted octanol–water partition coefficient (Wildman–Crippen LogP) is 2.72. The topological polar surface area (TPSA) is 89.0 Å². The number of nitrogens with one attached hydrogen (secondary N) is 2. The van der Waals surface area contributed by atoms with Gasteiger partial charge in [0.15, 0.2) is 11.5 Å². The minimum absolute atomic E-state index is 0.000993. The van der Waals surface area contributed by atoms with Gasteiger partial charge in [0, 0.05) is 13.0 Å². The Kier molecular flexibility index (Phi) is 8.18. The van der Waals surface area contributed by atoms with Crippen molar-refractivity contribution < 1.29 is 23.5 Å². The third-order valence-electron chi connectivity index (χ3n) is 3.61. The Bertz CT molecular complexity index is 889. The number of amides is 2. The summed E-state index contributed by atoms with van der Waals surface area (Å²) in [6, 6.07) is 9.19. The lowest BCUT2D eigenvalue weighted by Crippen LogP contribution is -2.29. The summed E-state index contributed by atoms with van der Waals surface area (Å²) in [5, 5.41) is 6.38. The number of halogens is 2. The molecule has 148 valence electrons. The molecule has 0 radical (unpaired) electrons. The van der Waals surface area contributed by atoms with Crippen LogP contribution >= 0.6 is 22.6 Å². The van der Waals surface area contributed by atoms with E-state index in [1.807, 2.05) is 6.07 Å². The lowest BCUT2D eigenvalue weighted by molar-refractivity contribution is -0.120. The Labute approximate surface area is 175 Å². The largest absolute Gasteiger partial charge is 0.493 e. The molecule has 2 rings (SSSR count). The first-order valence-corrected chi connectivity index (χ1v) is 9.30. The van der Waals surface area contributed by atoms with Crippen molar-refractivity contribution in [2.45, 2.75) is 6.42 Å². The van der Waals surface area contributed by atoms with Crippen molar-refractivity contribution in [3.8, 4) is 11.5 Å². The average molecular weight is 499 g/mol. The number of rotatable bonds is 8. The fraction of sp³-hybridized carbons (Fsp3) is 0.211. The molecule has 7 nitrogen and oxygen atoms in total. The molecule has 9 heteroatoms. The Morgan fingerprint density at radius 3 is 2.64 bits per heavy atom. The summed E-state index contributed by atoms with van der Waals surface area (Å²) in [6.07, 6.45) is 1.47. The lowest BCUT2D eigenvalue weighted by Gasteiger charge is -2.10. The Hall–Kier alpha value is -2.69. The van der Waals surface area contributed by atoms with Gasteiger partial charge >= 0.3 is 0 Å². The molecule has 0 heterocycles. The minimum Gasteiger partial charge on any atom is -0.493 e. The van der Waals surface area contributed by atoms with E-state index < -0.39 is 11.7 Å². The average Bonchev–Trinajstić information content (AvgIpc) is 2.67. The number of carbonyl (C=O) groups is 2. The highest BCUT2D eigenvalue weighted by molar-refractivity contribution is 14.1. The first-order chi connectivity index (χ1) is 13.5. The maximum Gasteiger partial charge on any atom is 0.254 e. The van der Waals surface area contributed by atoms with Crippen LogP contribution in [0.2, 0.25) is 0 Å². The molecule has 0 spiro atoms. The molecule has 0 aliphatic rings. The van der Waals surface area contributed by atoms with Crippen LogP contribution in [-0.2, 0) is 4.79 Å². The van der Waals surface area contributed by atoms with Crippen LogP contribution in [0.4, 0.5) is 4.39 Å². The zero-order valence-corrected chi connectivity index (χ0v) is 17.4. The number of benzene rings is 2. The Balaban J connectivity index is 1.83. The number of hydrogen-bond acceptors (Lipinski definition) is 5. The highest BCUT2D eigenvalue weighted by Gasteiger charge is 2.11. The van der Waals surface area contributed by atoms with E-state index in [0.717, 1.165) is 9.13 Å². The van der Waals surface area contributed by atoms with Gasteiger partial charge in [-0.2, -0.15) is 5.10 Å². The van der Waals surface area contributed by atoms with Gasteiger partial charge < -0.3 is 14.8 Å². The standard InChI is InChI=1S/C19H19FIN3O4/c1-27-16-10-12(9-15(21)18(16)28-2)11-23-24-17(25)7-8-22-19(26)13-5-3-4-6-14(13)20/h3-6,9-11H,7-8H2,1-2H3,(H,22,26)(H,24,25). The number of carbonyl (C=O) groups excluding carboxylic acids is 2. The molecular formula is C19H19FIN3O4. The van der Waals surface area contributed by atoms with Crippen LogP contribution in [0, 0.1) is 9.39 Å². The number of hydrogen-bond donors (Lipinski definition) is 2. The van der Waals surface area contributed by atoms with Gasteiger partial charge in [-0.1, -0.05) is 12.1 Å². The second kappa shape index (κ2) is 10.6. The van der Waals surface area contributed by atoms with Gasteiger partial charge in [0.05, 0.1) is 29.6 Å². The van der Waals surface area contributed by atoms with Crippen molar-refractivity contribution in [1.29, 1.82) is 0 Å². The molecular weight excluding hydrogens is 480 g/mol. The number of hydrazone groups is 1. The van der Waals surface area contributed by atoms with E-state index in [1.54, 1.807) is 19.2 Å². The van der Waals surface area contributed by atoms with E-state index in [9.17, 15) is 14.0 Å². The lowest BCUT2D eigenvalue weighted by atomic mass is 10.2.